The number of piperidine rings is 1. The minimum absolute atomic E-state index is 0.152. The summed E-state index contributed by atoms with van der Waals surface area (Å²) in [6, 6.07) is 6.06. The van der Waals surface area contributed by atoms with Gasteiger partial charge in [-0.15, -0.1) is 0 Å². The van der Waals surface area contributed by atoms with Gasteiger partial charge in [0.2, 0.25) is 5.91 Å². The number of rotatable bonds is 1. The largest absolute Gasteiger partial charge is 0.486 e. The van der Waals surface area contributed by atoms with Crippen LogP contribution < -0.4 is 14.8 Å². The van der Waals surface area contributed by atoms with Gasteiger partial charge in [0, 0.05) is 18.9 Å². The number of benzene rings is 1. The Hall–Kier alpha value is -1.71. The Morgan fingerprint density at radius 2 is 2.00 bits per heavy atom. The van der Waals surface area contributed by atoms with Crippen molar-refractivity contribution < 1.29 is 14.3 Å². The van der Waals surface area contributed by atoms with Crippen LogP contribution in [0.1, 0.15) is 24.3 Å². The number of hydrogen-bond acceptors (Lipinski definition) is 3. The normalized spacial score (nSPS) is 23.1. The molecule has 1 saturated heterocycles. The van der Waals surface area contributed by atoms with Gasteiger partial charge in [-0.05, 0) is 24.1 Å². The van der Waals surface area contributed by atoms with Gasteiger partial charge in [0.25, 0.3) is 0 Å². The summed E-state index contributed by atoms with van der Waals surface area (Å²) in [5, 5.41) is 2.90. The fourth-order valence-electron chi connectivity index (χ4n) is 2.33. The molecule has 0 spiro atoms. The molecule has 3 rings (SSSR count). The molecular weight excluding hydrogens is 218 g/mol. The quantitative estimate of drug-likeness (QED) is 0.798. The molecular formula is C13H15NO3. The average molecular weight is 233 g/mol. The van der Waals surface area contributed by atoms with E-state index in [1.165, 1.54) is 5.56 Å². The van der Waals surface area contributed by atoms with Crippen molar-refractivity contribution >= 4 is 5.91 Å². The molecule has 2 heterocycles. The van der Waals surface area contributed by atoms with Crippen LogP contribution >= 0.6 is 0 Å². The van der Waals surface area contributed by atoms with Crippen molar-refractivity contribution in [1.82, 2.24) is 5.32 Å². The molecule has 4 nitrogen and oxygen atoms in total. The van der Waals surface area contributed by atoms with E-state index in [1.807, 2.05) is 12.1 Å². The molecule has 1 aromatic carbocycles. The Labute approximate surface area is 99.9 Å². The van der Waals surface area contributed by atoms with Crippen LogP contribution in [0.2, 0.25) is 0 Å². The first kappa shape index (κ1) is 10.4. The molecule has 0 aliphatic carbocycles. The molecule has 1 N–H and O–H groups in total. The summed E-state index contributed by atoms with van der Waals surface area (Å²) in [7, 11) is 0. The van der Waals surface area contributed by atoms with Crippen molar-refractivity contribution in [2.75, 3.05) is 19.8 Å². The molecule has 0 radical (unpaired) electrons. The molecule has 1 aromatic rings. The third kappa shape index (κ3) is 2.07. The average Bonchev–Trinajstić information content (AvgIpc) is 2.39. The summed E-state index contributed by atoms with van der Waals surface area (Å²) < 4.78 is 11.1. The third-order valence-electron chi connectivity index (χ3n) is 3.30. The van der Waals surface area contributed by atoms with Crippen LogP contribution in [-0.2, 0) is 4.79 Å². The lowest BCUT2D eigenvalue weighted by Gasteiger charge is -2.25. The minimum Gasteiger partial charge on any atom is -0.486 e. The van der Waals surface area contributed by atoms with E-state index in [0.717, 1.165) is 24.5 Å². The molecule has 0 bridgehead atoms. The van der Waals surface area contributed by atoms with E-state index < -0.39 is 0 Å². The second kappa shape index (κ2) is 4.28. The number of carbonyl (C=O) groups excluding carboxylic acids is 1. The molecule has 17 heavy (non-hydrogen) atoms. The highest BCUT2D eigenvalue weighted by atomic mass is 16.6. The minimum atomic E-state index is 0.152. The lowest BCUT2D eigenvalue weighted by Crippen LogP contribution is -2.33. The molecule has 0 saturated carbocycles. The van der Waals surface area contributed by atoms with Gasteiger partial charge in [-0.3, -0.25) is 4.79 Å². The maximum absolute atomic E-state index is 11.1. The molecule has 4 heteroatoms. The van der Waals surface area contributed by atoms with Gasteiger partial charge in [-0.2, -0.15) is 0 Å². The van der Waals surface area contributed by atoms with Gasteiger partial charge in [0.05, 0.1) is 0 Å². The first-order valence-electron chi connectivity index (χ1n) is 5.99. The smallest absolute Gasteiger partial charge is 0.220 e. The molecule has 2 aliphatic heterocycles. The number of ether oxygens (including phenoxy) is 2. The SMILES string of the molecule is O=C1CCC(c2ccc3c(c2)OCCO3)CN1. The molecule has 90 valence electrons. The monoisotopic (exact) mass is 233 g/mol. The summed E-state index contributed by atoms with van der Waals surface area (Å²) in [5.74, 6) is 2.19. The highest BCUT2D eigenvalue weighted by molar-refractivity contribution is 5.76. The lowest BCUT2D eigenvalue weighted by molar-refractivity contribution is -0.122. The zero-order chi connectivity index (χ0) is 11.7. The van der Waals surface area contributed by atoms with Crippen LogP contribution in [0.15, 0.2) is 18.2 Å². The lowest BCUT2D eigenvalue weighted by atomic mass is 9.91. The first-order valence-corrected chi connectivity index (χ1v) is 5.99. The van der Waals surface area contributed by atoms with Gasteiger partial charge in [0.15, 0.2) is 11.5 Å². The predicted molar refractivity (Wildman–Crippen MR) is 62.4 cm³/mol. The Balaban J connectivity index is 1.81. The molecule has 1 unspecified atom stereocenters. The van der Waals surface area contributed by atoms with Crippen molar-refractivity contribution in [2.24, 2.45) is 0 Å². The van der Waals surface area contributed by atoms with Crippen molar-refractivity contribution in [2.45, 2.75) is 18.8 Å². The zero-order valence-corrected chi connectivity index (χ0v) is 9.57. The summed E-state index contributed by atoms with van der Waals surface area (Å²) in [5.41, 5.74) is 1.22. The fourth-order valence-corrected chi connectivity index (χ4v) is 2.33. The van der Waals surface area contributed by atoms with Crippen LogP contribution in [0.4, 0.5) is 0 Å². The van der Waals surface area contributed by atoms with Crippen molar-refractivity contribution in [3.05, 3.63) is 23.8 Å². The number of amides is 1. The second-order valence-electron chi connectivity index (χ2n) is 4.44. The number of fused-ring (bicyclic) bond motifs is 1. The predicted octanol–water partition coefficient (Wildman–Crippen LogP) is 1.45. The summed E-state index contributed by atoms with van der Waals surface area (Å²) >= 11 is 0. The molecule has 1 atom stereocenters. The molecule has 1 fully saturated rings. The second-order valence-corrected chi connectivity index (χ2v) is 4.44. The Morgan fingerprint density at radius 3 is 2.76 bits per heavy atom. The Morgan fingerprint density at radius 1 is 1.18 bits per heavy atom. The molecule has 0 aromatic heterocycles. The van der Waals surface area contributed by atoms with Crippen LogP contribution in [-0.4, -0.2) is 25.7 Å². The third-order valence-corrected chi connectivity index (χ3v) is 3.30. The summed E-state index contributed by atoms with van der Waals surface area (Å²) in [6.07, 6.45) is 1.52. The number of carbonyl (C=O) groups is 1. The van der Waals surface area contributed by atoms with Crippen LogP contribution in [0.3, 0.4) is 0 Å². The molecule has 1 amide bonds. The summed E-state index contributed by atoms with van der Waals surface area (Å²) in [4.78, 5) is 11.1. The van der Waals surface area contributed by atoms with Gasteiger partial charge >= 0.3 is 0 Å². The van der Waals surface area contributed by atoms with Gasteiger partial charge in [-0.25, -0.2) is 0 Å². The van der Waals surface area contributed by atoms with Crippen molar-refractivity contribution in [3.63, 3.8) is 0 Å². The number of hydrogen-bond donors (Lipinski definition) is 1. The highest BCUT2D eigenvalue weighted by Gasteiger charge is 2.21. The van der Waals surface area contributed by atoms with E-state index in [2.05, 4.69) is 11.4 Å². The van der Waals surface area contributed by atoms with E-state index >= 15 is 0 Å². The van der Waals surface area contributed by atoms with Crippen LogP contribution in [0.5, 0.6) is 11.5 Å². The highest BCUT2D eigenvalue weighted by Crippen LogP contribution is 2.34. The van der Waals surface area contributed by atoms with Crippen LogP contribution in [0.25, 0.3) is 0 Å². The standard InChI is InChI=1S/C13H15NO3/c15-13-4-2-10(8-14-13)9-1-3-11-12(7-9)17-6-5-16-11/h1,3,7,10H,2,4-6,8H2,(H,14,15). The van der Waals surface area contributed by atoms with E-state index in [-0.39, 0.29) is 5.91 Å². The van der Waals surface area contributed by atoms with Crippen molar-refractivity contribution in [1.29, 1.82) is 0 Å². The van der Waals surface area contributed by atoms with Gasteiger partial charge < -0.3 is 14.8 Å². The first-order chi connectivity index (χ1) is 8.33. The zero-order valence-electron chi connectivity index (χ0n) is 9.57. The van der Waals surface area contributed by atoms with Crippen molar-refractivity contribution in [3.8, 4) is 11.5 Å². The Kier molecular flexibility index (Phi) is 2.63. The number of nitrogens with one attached hydrogen (secondary N) is 1. The van der Waals surface area contributed by atoms with Gasteiger partial charge in [0.1, 0.15) is 13.2 Å². The van der Waals surface area contributed by atoms with E-state index in [1.54, 1.807) is 0 Å². The van der Waals surface area contributed by atoms with Crippen LogP contribution in [0, 0.1) is 0 Å². The maximum Gasteiger partial charge on any atom is 0.220 e. The van der Waals surface area contributed by atoms with E-state index in [9.17, 15) is 4.79 Å². The fraction of sp³-hybridized carbons (Fsp3) is 0.462. The van der Waals surface area contributed by atoms with E-state index in [4.69, 9.17) is 9.47 Å². The maximum atomic E-state index is 11.1. The summed E-state index contributed by atoms with van der Waals surface area (Å²) in [6.45, 7) is 1.95. The topological polar surface area (TPSA) is 47.6 Å². The van der Waals surface area contributed by atoms with E-state index in [0.29, 0.717) is 25.6 Å². The Bertz CT molecular complexity index is 434. The van der Waals surface area contributed by atoms with Gasteiger partial charge in [-0.1, -0.05) is 6.07 Å². The molecule has 2 aliphatic rings.